The molecule has 21 heavy (non-hydrogen) atoms. The molecule has 0 fully saturated rings. The minimum atomic E-state index is -0.614. The summed E-state index contributed by atoms with van der Waals surface area (Å²) in [5.74, 6) is -0.751. The molecule has 0 bridgehead atoms. The molecule has 0 aliphatic heterocycles. The highest BCUT2D eigenvalue weighted by Gasteiger charge is 2.20. The zero-order chi connectivity index (χ0) is 15.4. The van der Waals surface area contributed by atoms with Gasteiger partial charge < -0.3 is 5.32 Å². The summed E-state index contributed by atoms with van der Waals surface area (Å²) in [6.45, 7) is 3.83. The number of rotatable bonds is 4. The average molecular weight is 288 g/mol. The van der Waals surface area contributed by atoms with Gasteiger partial charge in [0.2, 0.25) is 0 Å². The lowest BCUT2D eigenvalue weighted by molar-refractivity contribution is 0.501. The Kier molecular flexibility index (Phi) is 4.43. The van der Waals surface area contributed by atoms with Gasteiger partial charge in [-0.15, -0.1) is 10.2 Å². The first kappa shape index (κ1) is 14.9. The van der Waals surface area contributed by atoms with E-state index in [0.717, 1.165) is 6.07 Å². The van der Waals surface area contributed by atoms with Crippen LogP contribution in [0.2, 0.25) is 0 Å². The monoisotopic (exact) mass is 288 g/mol. The fourth-order valence-electron chi connectivity index (χ4n) is 1.99. The maximum absolute atomic E-state index is 13.9. The molecular formula is C15H14F2N4. The third-order valence-electron chi connectivity index (χ3n) is 3.05. The second-order valence-corrected chi connectivity index (χ2v) is 4.95. The van der Waals surface area contributed by atoms with Crippen molar-refractivity contribution < 1.29 is 8.78 Å². The summed E-state index contributed by atoms with van der Waals surface area (Å²) in [5, 5.41) is 19.3. The molecule has 0 amide bonds. The maximum Gasteiger partial charge on any atom is 0.163 e. The molecule has 2 aromatic rings. The van der Waals surface area contributed by atoms with E-state index < -0.39 is 11.6 Å². The molecule has 1 heterocycles. The highest BCUT2D eigenvalue weighted by molar-refractivity contribution is 5.39. The topological polar surface area (TPSA) is 61.6 Å². The van der Waals surface area contributed by atoms with Gasteiger partial charge in [-0.2, -0.15) is 5.26 Å². The van der Waals surface area contributed by atoms with Crippen LogP contribution in [0.3, 0.4) is 0 Å². The average Bonchev–Trinajstić information content (AvgIpc) is 2.46. The Balaban J connectivity index is 2.28. The van der Waals surface area contributed by atoms with E-state index in [1.165, 1.54) is 18.2 Å². The summed E-state index contributed by atoms with van der Waals surface area (Å²) in [5.41, 5.74) is 0.562. The second kappa shape index (κ2) is 6.27. The Labute approximate surface area is 121 Å². The molecule has 0 aliphatic carbocycles. The Morgan fingerprint density at radius 1 is 1.14 bits per heavy atom. The largest absolute Gasteiger partial charge is 0.361 e. The molecule has 4 nitrogen and oxygen atoms in total. The van der Waals surface area contributed by atoms with Crippen molar-refractivity contribution in [1.82, 2.24) is 10.2 Å². The van der Waals surface area contributed by atoms with Crippen LogP contribution in [0.25, 0.3) is 0 Å². The van der Waals surface area contributed by atoms with E-state index in [2.05, 4.69) is 15.5 Å². The summed E-state index contributed by atoms with van der Waals surface area (Å²) in [4.78, 5) is 0. The number of nitrogens with zero attached hydrogens (tertiary/aromatic N) is 3. The first-order valence-corrected chi connectivity index (χ1v) is 6.46. The molecule has 108 valence electrons. The van der Waals surface area contributed by atoms with Crippen molar-refractivity contribution in [2.45, 2.75) is 19.9 Å². The Morgan fingerprint density at radius 2 is 1.90 bits per heavy atom. The molecule has 6 heteroatoms. The third-order valence-corrected chi connectivity index (χ3v) is 3.05. The molecule has 0 aliphatic rings. The van der Waals surface area contributed by atoms with Crippen LogP contribution < -0.4 is 5.32 Å². The highest BCUT2D eigenvalue weighted by Crippen LogP contribution is 2.28. The molecule has 1 unspecified atom stereocenters. The predicted molar refractivity (Wildman–Crippen MR) is 74.3 cm³/mol. The summed E-state index contributed by atoms with van der Waals surface area (Å²) < 4.78 is 26.9. The first-order valence-electron chi connectivity index (χ1n) is 6.46. The second-order valence-electron chi connectivity index (χ2n) is 4.95. The standard InChI is InChI=1S/C15H14F2N4/c1-9(2)15(12-5-3-10(16)7-13(12)17)19-14-6-4-11(8-18)20-21-14/h3-7,9,15H,1-2H3,(H,19,21). The van der Waals surface area contributed by atoms with E-state index in [1.54, 1.807) is 6.07 Å². The van der Waals surface area contributed by atoms with Crippen molar-refractivity contribution in [3.05, 3.63) is 53.2 Å². The van der Waals surface area contributed by atoms with Crippen molar-refractivity contribution in [2.24, 2.45) is 5.92 Å². The van der Waals surface area contributed by atoms with Crippen molar-refractivity contribution in [3.63, 3.8) is 0 Å². The number of hydrogen-bond acceptors (Lipinski definition) is 4. The molecule has 0 spiro atoms. The summed E-state index contributed by atoms with van der Waals surface area (Å²) >= 11 is 0. The van der Waals surface area contributed by atoms with Crippen molar-refractivity contribution in [1.29, 1.82) is 5.26 Å². The van der Waals surface area contributed by atoms with E-state index in [4.69, 9.17) is 5.26 Å². The van der Waals surface area contributed by atoms with Gasteiger partial charge in [0.15, 0.2) is 5.69 Å². The molecule has 2 rings (SSSR count). The fraction of sp³-hybridized carbons (Fsp3) is 0.267. The van der Waals surface area contributed by atoms with Crippen LogP contribution in [0.4, 0.5) is 14.6 Å². The lowest BCUT2D eigenvalue weighted by Gasteiger charge is -2.23. The molecule has 1 aromatic carbocycles. The van der Waals surface area contributed by atoms with Crippen LogP contribution in [0, 0.1) is 28.9 Å². The zero-order valence-corrected chi connectivity index (χ0v) is 11.6. The van der Waals surface area contributed by atoms with E-state index in [9.17, 15) is 8.78 Å². The summed E-state index contributed by atoms with van der Waals surface area (Å²) in [6, 6.07) is 8.11. The van der Waals surface area contributed by atoms with Crippen molar-refractivity contribution in [3.8, 4) is 6.07 Å². The number of nitrogens with one attached hydrogen (secondary N) is 1. The van der Waals surface area contributed by atoms with Gasteiger partial charge in [0.1, 0.15) is 23.5 Å². The fourth-order valence-corrected chi connectivity index (χ4v) is 1.99. The van der Waals surface area contributed by atoms with Gasteiger partial charge in [0, 0.05) is 11.6 Å². The van der Waals surface area contributed by atoms with Crippen LogP contribution in [-0.4, -0.2) is 10.2 Å². The number of aromatic nitrogens is 2. The van der Waals surface area contributed by atoms with Crippen LogP contribution >= 0.6 is 0 Å². The summed E-state index contributed by atoms with van der Waals surface area (Å²) in [6.07, 6.45) is 0. The minimum absolute atomic E-state index is 0.0439. The molecule has 0 saturated heterocycles. The maximum atomic E-state index is 13.9. The van der Waals surface area contributed by atoms with Crippen molar-refractivity contribution in [2.75, 3.05) is 5.32 Å². The van der Waals surface area contributed by atoms with Crippen LogP contribution in [0.5, 0.6) is 0 Å². The van der Waals surface area contributed by atoms with E-state index in [0.29, 0.717) is 11.4 Å². The van der Waals surface area contributed by atoms with Gasteiger partial charge in [-0.25, -0.2) is 8.78 Å². The zero-order valence-electron chi connectivity index (χ0n) is 11.6. The van der Waals surface area contributed by atoms with Crippen molar-refractivity contribution >= 4 is 5.82 Å². The Morgan fingerprint density at radius 3 is 2.43 bits per heavy atom. The number of anilines is 1. The highest BCUT2D eigenvalue weighted by atomic mass is 19.1. The molecular weight excluding hydrogens is 274 g/mol. The number of nitriles is 1. The normalized spacial score (nSPS) is 12.0. The third kappa shape index (κ3) is 3.51. The van der Waals surface area contributed by atoms with Crippen LogP contribution in [0.1, 0.15) is 31.1 Å². The first-order chi connectivity index (χ1) is 10.0. The number of benzene rings is 1. The van der Waals surface area contributed by atoms with Gasteiger partial charge in [0.05, 0.1) is 6.04 Å². The van der Waals surface area contributed by atoms with Gasteiger partial charge in [0.25, 0.3) is 0 Å². The lowest BCUT2D eigenvalue weighted by Crippen LogP contribution is -2.19. The summed E-state index contributed by atoms with van der Waals surface area (Å²) in [7, 11) is 0. The molecule has 1 N–H and O–H groups in total. The molecule has 0 saturated carbocycles. The predicted octanol–water partition coefficient (Wildman–Crippen LogP) is 3.44. The quantitative estimate of drug-likeness (QED) is 0.936. The van der Waals surface area contributed by atoms with Gasteiger partial charge in [-0.3, -0.25) is 0 Å². The minimum Gasteiger partial charge on any atom is -0.361 e. The molecule has 0 radical (unpaired) electrons. The van der Waals surface area contributed by atoms with Gasteiger partial charge in [-0.1, -0.05) is 19.9 Å². The smallest absolute Gasteiger partial charge is 0.163 e. The van der Waals surface area contributed by atoms with E-state index in [-0.39, 0.29) is 17.7 Å². The molecule has 1 aromatic heterocycles. The lowest BCUT2D eigenvalue weighted by atomic mass is 9.95. The van der Waals surface area contributed by atoms with Crippen LogP contribution in [0.15, 0.2) is 30.3 Å². The van der Waals surface area contributed by atoms with E-state index in [1.807, 2.05) is 19.9 Å². The Bertz CT molecular complexity index is 662. The van der Waals surface area contributed by atoms with E-state index >= 15 is 0 Å². The number of hydrogen-bond donors (Lipinski definition) is 1. The number of halogens is 2. The molecule has 1 atom stereocenters. The van der Waals surface area contributed by atoms with Gasteiger partial charge in [-0.05, 0) is 24.1 Å². The SMILES string of the molecule is CC(C)C(Nc1ccc(C#N)nn1)c1ccc(F)cc1F. The Hall–Kier alpha value is -2.55. The van der Waals surface area contributed by atoms with Crippen LogP contribution in [-0.2, 0) is 0 Å². The van der Waals surface area contributed by atoms with Gasteiger partial charge >= 0.3 is 0 Å².